The highest BCUT2D eigenvalue weighted by Crippen LogP contribution is 2.24. The van der Waals surface area contributed by atoms with Gasteiger partial charge in [-0.3, -0.25) is 10.2 Å². The molecule has 6 heteroatoms. The highest BCUT2D eigenvalue weighted by molar-refractivity contribution is 6.14. The fraction of sp³-hybridized carbons (Fsp3) is 0.176. The number of carbonyl (C=O) groups is 1. The second-order valence-corrected chi connectivity index (χ2v) is 5.14. The maximum Gasteiger partial charge on any atom is 0.352 e. The highest BCUT2D eigenvalue weighted by atomic mass is 16.7. The molecule has 0 aliphatic carbocycles. The van der Waals surface area contributed by atoms with Crippen LogP contribution in [0.15, 0.2) is 48.5 Å². The van der Waals surface area contributed by atoms with Crippen LogP contribution >= 0.6 is 0 Å². The number of urea groups is 1. The van der Waals surface area contributed by atoms with Gasteiger partial charge in [-0.1, -0.05) is 48.5 Å². The third-order valence-electron chi connectivity index (χ3n) is 3.35. The lowest BCUT2D eigenvalue weighted by Crippen LogP contribution is -2.47. The summed E-state index contributed by atoms with van der Waals surface area (Å²) in [6, 6.07) is 14.5. The van der Waals surface area contributed by atoms with Crippen molar-refractivity contribution >= 4 is 17.7 Å². The van der Waals surface area contributed by atoms with Crippen LogP contribution in [0, 0.1) is 19.3 Å². The molecule has 0 radical (unpaired) electrons. The molecule has 23 heavy (non-hydrogen) atoms. The number of guanidine groups is 1. The van der Waals surface area contributed by atoms with E-state index in [0.29, 0.717) is 5.69 Å². The third-order valence-corrected chi connectivity index (χ3v) is 3.35. The van der Waals surface area contributed by atoms with E-state index in [-0.39, 0.29) is 12.6 Å². The number of rotatable bonds is 4. The molecule has 0 aliphatic rings. The van der Waals surface area contributed by atoms with Crippen LogP contribution in [0.2, 0.25) is 0 Å². The average Bonchev–Trinajstić information content (AvgIpc) is 2.51. The molecule has 0 bridgehead atoms. The number of para-hydroxylation sites is 1. The molecule has 0 unspecified atom stereocenters. The Balaban J connectivity index is 2.09. The number of nitrogens with zero attached hydrogens (tertiary/aromatic N) is 1. The summed E-state index contributed by atoms with van der Waals surface area (Å²) in [6.45, 7) is 3.94. The Hall–Kier alpha value is -2.86. The number of hydrogen-bond donors (Lipinski definition) is 3. The molecule has 0 aromatic heterocycles. The monoisotopic (exact) mass is 312 g/mol. The molecular weight excluding hydrogens is 292 g/mol. The summed E-state index contributed by atoms with van der Waals surface area (Å²) in [5.41, 5.74) is 11.1. The van der Waals surface area contributed by atoms with Gasteiger partial charge >= 0.3 is 6.03 Å². The summed E-state index contributed by atoms with van der Waals surface area (Å²) in [7, 11) is 0. The Morgan fingerprint density at radius 2 is 1.74 bits per heavy atom. The van der Waals surface area contributed by atoms with E-state index in [0.717, 1.165) is 21.6 Å². The molecular formula is C17H20N4O2. The number of benzene rings is 2. The largest absolute Gasteiger partial charge is 0.369 e. The summed E-state index contributed by atoms with van der Waals surface area (Å²) in [5, 5.41) is 7.70. The molecule has 2 aromatic rings. The van der Waals surface area contributed by atoms with Gasteiger partial charge in [0.25, 0.3) is 0 Å². The summed E-state index contributed by atoms with van der Waals surface area (Å²) in [4.78, 5) is 18.7. The van der Waals surface area contributed by atoms with Crippen LogP contribution in [0.1, 0.15) is 16.7 Å². The number of nitrogens with one attached hydrogen (secondary N) is 2. The van der Waals surface area contributed by atoms with Gasteiger partial charge in [-0.05, 0) is 30.5 Å². The fourth-order valence-corrected chi connectivity index (χ4v) is 2.29. The fourth-order valence-electron chi connectivity index (χ4n) is 2.29. The number of hydroxylamine groups is 1. The zero-order chi connectivity index (χ0) is 16.8. The summed E-state index contributed by atoms with van der Waals surface area (Å²) in [6.07, 6.45) is 0. The minimum absolute atomic E-state index is 0.227. The maximum absolute atomic E-state index is 12.3. The van der Waals surface area contributed by atoms with E-state index in [2.05, 4.69) is 5.48 Å². The number of nitrogens with two attached hydrogens (primary N) is 1. The molecule has 120 valence electrons. The highest BCUT2D eigenvalue weighted by Gasteiger charge is 2.22. The third kappa shape index (κ3) is 4.08. The molecule has 0 heterocycles. The van der Waals surface area contributed by atoms with E-state index in [1.807, 2.05) is 62.4 Å². The van der Waals surface area contributed by atoms with Gasteiger partial charge in [-0.15, -0.1) is 0 Å². The van der Waals surface area contributed by atoms with Gasteiger partial charge in [0.1, 0.15) is 0 Å². The van der Waals surface area contributed by atoms with Gasteiger partial charge in [0.15, 0.2) is 0 Å². The number of anilines is 1. The van der Waals surface area contributed by atoms with Crippen LogP contribution in [0.3, 0.4) is 0 Å². The predicted octanol–water partition coefficient (Wildman–Crippen LogP) is 2.84. The minimum atomic E-state index is -0.606. The molecule has 0 saturated heterocycles. The van der Waals surface area contributed by atoms with Crippen molar-refractivity contribution in [3.8, 4) is 0 Å². The zero-order valence-electron chi connectivity index (χ0n) is 13.2. The van der Waals surface area contributed by atoms with Crippen molar-refractivity contribution in [3.05, 3.63) is 65.2 Å². The van der Waals surface area contributed by atoms with Crippen molar-refractivity contribution in [2.75, 3.05) is 4.90 Å². The summed E-state index contributed by atoms with van der Waals surface area (Å²) < 4.78 is 0. The quantitative estimate of drug-likeness (QED) is 0.460. The Morgan fingerprint density at radius 1 is 1.13 bits per heavy atom. The van der Waals surface area contributed by atoms with Crippen molar-refractivity contribution in [3.63, 3.8) is 0 Å². The molecule has 6 nitrogen and oxygen atoms in total. The van der Waals surface area contributed by atoms with Crippen molar-refractivity contribution in [1.29, 1.82) is 5.41 Å². The number of hydrogen-bond acceptors (Lipinski definition) is 3. The lowest BCUT2D eigenvalue weighted by molar-refractivity contribution is 0.0522. The molecule has 0 atom stereocenters. The molecule has 0 spiro atoms. The first-order valence-corrected chi connectivity index (χ1v) is 7.16. The first-order valence-electron chi connectivity index (χ1n) is 7.16. The normalized spacial score (nSPS) is 10.2. The van der Waals surface area contributed by atoms with E-state index >= 15 is 0 Å². The molecule has 4 N–H and O–H groups in total. The topological polar surface area (TPSA) is 91.4 Å². The van der Waals surface area contributed by atoms with Crippen molar-refractivity contribution in [2.24, 2.45) is 5.73 Å². The number of carbonyl (C=O) groups excluding carboxylic acids is 1. The van der Waals surface area contributed by atoms with Gasteiger partial charge in [0.05, 0.1) is 12.3 Å². The van der Waals surface area contributed by atoms with E-state index < -0.39 is 6.03 Å². The molecule has 0 aliphatic heterocycles. The SMILES string of the molecule is Cc1cccc(C)c1N(C(=N)N)C(=O)NOCc1ccccc1. The standard InChI is InChI=1S/C17H20N4O2/c1-12-7-6-8-13(2)15(12)21(16(18)19)17(22)20-23-11-14-9-4-3-5-10-14/h3-10H,11H2,1-2H3,(H3,18,19)(H,20,22). The first kappa shape index (κ1) is 16.5. The maximum atomic E-state index is 12.3. The lowest BCUT2D eigenvalue weighted by Gasteiger charge is -2.24. The smallest absolute Gasteiger partial charge is 0.352 e. The average molecular weight is 312 g/mol. The van der Waals surface area contributed by atoms with Crippen LogP contribution in [0.25, 0.3) is 0 Å². The molecule has 2 rings (SSSR count). The van der Waals surface area contributed by atoms with Gasteiger partial charge in [-0.2, -0.15) is 0 Å². The van der Waals surface area contributed by atoms with Crippen LogP contribution in [-0.4, -0.2) is 12.0 Å². The van der Waals surface area contributed by atoms with Crippen molar-refractivity contribution < 1.29 is 9.63 Å². The predicted molar refractivity (Wildman–Crippen MR) is 90.1 cm³/mol. The molecule has 2 aromatic carbocycles. The van der Waals surface area contributed by atoms with E-state index in [9.17, 15) is 4.79 Å². The van der Waals surface area contributed by atoms with Gasteiger partial charge in [-0.25, -0.2) is 15.2 Å². The lowest BCUT2D eigenvalue weighted by atomic mass is 10.1. The molecule has 0 fully saturated rings. The Kier molecular flexibility index (Phi) is 5.32. The summed E-state index contributed by atoms with van der Waals surface area (Å²) in [5.74, 6) is -0.372. The van der Waals surface area contributed by atoms with Crippen LogP contribution in [-0.2, 0) is 11.4 Å². The second kappa shape index (κ2) is 7.42. The van der Waals surface area contributed by atoms with E-state index in [1.165, 1.54) is 0 Å². The zero-order valence-corrected chi connectivity index (χ0v) is 13.2. The molecule has 2 amide bonds. The van der Waals surface area contributed by atoms with E-state index in [4.69, 9.17) is 16.0 Å². The number of amides is 2. The Labute approximate surface area is 135 Å². The number of aryl methyl sites for hydroxylation is 2. The first-order chi connectivity index (χ1) is 11.0. The van der Waals surface area contributed by atoms with Gasteiger partial charge < -0.3 is 5.73 Å². The minimum Gasteiger partial charge on any atom is -0.369 e. The van der Waals surface area contributed by atoms with Crippen molar-refractivity contribution in [1.82, 2.24) is 5.48 Å². The van der Waals surface area contributed by atoms with Crippen LogP contribution in [0.5, 0.6) is 0 Å². The van der Waals surface area contributed by atoms with Gasteiger partial charge in [0.2, 0.25) is 5.96 Å². The van der Waals surface area contributed by atoms with Gasteiger partial charge in [0, 0.05) is 0 Å². The summed E-state index contributed by atoms with van der Waals surface area (Å²) >= 11 is 0. The van der Waals surface area contributed by atoms with Crippen LogP contribution < -0.4 is 16.1 Å². The van der Waals surface area contributed by atoms with Crippen molar-refractivity contribution in [2.45, 2.75) is 20.5 Å². The molecule has 0 saturated carbocycles. The Morgan fingerprint density at radius 3 is 2.30 bits per heavy atom. The van der Waals surface area contributed by atoms with E-state index in [1.54, 1.807) is 0 Å². The second-order valence-electron chi connectivity index (χ2n) is 5.14. The van der Waals surface area contributed by atoms with Crippen LogP contribution in [0.4, 0.5) is 10.5 Å². The Bertz CT molecular complexity index is 681.